The van der Waals surface area contributed by atoms with E-state index in [1.807, 2.05) is 4.68 Å². The third-order valence-electron chi connectivity index (χ3n) is 3.98. The van der Waals surface area contributed by atoms with Gasteiger partial charge in [-0.1, -0.05) is 19.1 Å². The summed E-state index contributed by atoms with van der Waals surface area (Å²) in [6, 6.07) is 1.35. The summed E-state index contributed by atoms with van der Waals surface area (Å²) >= 11 is 0. The first-order valence-corrected chi connectivity index (χ1v) is 7.87. The lowest BCUT2D eigenvalue weighted by atomic mass is 10.0. The van der Waals surface area contributed by atoms with Crippen LogP contribution in [-0.2, 0) is 13.1 Å². The molecular weight excluding hydrogens is 250 g/mol. The van der Waals surface area contributed by atoms with E-state index in [2.05, 4.69) is 54.5 Å². The maximum atomic E-state index is 4.22. The molecule has 1 aliphatic carbocycles. The number of aromatic nitrogens is 3. The summed E-state index contributed by atoms with van der Waals surface area (Å²) in [6.07, 6.45) is 5.93. The van der Waals surface area contributed by atoms with Crippen molar-refractivity contribution in [1.82, 2.24) is 25.2 Å². The molecule has 5 heteroatoms. The fourth-order valence-electron chi connectivity index (χ4n) is 2.41. The van der Waals surface area contributed by atoms with Gasteiger partial charge in [-0.25, -0.2) is 0 Å². The number of hydrogen-bond acceptors (Lipinski definition) is 4. The van der Waals surface area contributed by atoms with E-state index in [0.29, 0.717) is 6.04 Å². The summed E-state index contributed by atoms with van der Waals surface area (Å²) < 4.78 is 1.96. The van der Waals surface area contributed by atoms with Gasteiger partial charge >= 0.3 is 0 Å². The number of rotatable bonds is 9. The third-order valence-corrected chi connectivity index (χ3v) is 3.98. The molecule has 0 aromatic carbocycles. The van der Waals surface area contributed by atoms with Crippen LogP contribution in [0.4, 0.5) is 0 Å². The molecule has 1 N–H and O–H groups in total. The molecule has 0 spiro atoms. The van der Waals surface area contributed by atoms with Gasteiger partial charge in [-0.3, -0.25) is 4.68 Å². The standard InChI is InChI=1S/C15H29N5/c1-12(2)9-13(3)19(4)7-8-20-11-15(17-18-20)10-16-14-5-6-14/h11-14,16H,5-10H2,1-4H3. The van der Waals surface area contributed by atoms with E-state index in [1.165, 1.54) is 19.3 Å². The van der Waals surface area contributed by atoms with Crippen LogP contribution < -0.4 is 5.32 Å². The van der Waals surface area contributed by atoms with Crippen LogP contribution in [-0.4, -0.2) is 45.6 Å². The van der Waals surface area contributed by atoms with Crippen molar-refractivity contribution < 1.29 is 0 Å². The Balaban J connectivity index is 1.69. The van der Waals surface area contributed by atoms with E-state index in [4.69, 9.17) is 0 Å². The fourth-order valence-corrected chi connectivity index (χ4v) is 2.41. The average Bonchev–Trinajstić information content (AvgIpc) is 3.11. The highest BCUT2D eigenvalue weighted by atomic mass is 15.4. The summed E-state index contributed by atoms with van der Waals surface area (Å²) in [5.41, 5.74) is 1.05. The molecule has 1 fully saturated rings. The Morgan fingerprint density at radius 3 is 2.80 bits per heavy atom. The van der Waals surface area contributed by atoms with Crippen molar-refractivity contribution in [3.63, 3.8) is 0 Å². The van der Waals surface area contributed by atoms with Crippen molar-refractivity contribution in [3.05, 3.63) is 11.9 Å². The minimum absolute atomic E-state index is 0.620. The van der Waals surface area contributed by atoms with E-state index in [1.54, 1.807) is 0 Å². The Morgan fingerprint density at radius 2 is 2.15 bits per heavy atom. The third kappa shape index (κ3) is 5.21. The quantitative estimate of drug-likeness (QED) is 0.750. The smallest absolute Gasteiger partial charge is 0.0964 e. The Hall–Kier alpha value is -0.940. The SMILES string of the molecule is CC(C)CC(C)N(C)CCn1cc(CNC2CC2)nn1. The molecule has 1 saturated carbocycles. The van der Waals surface area contributed by atoms with Gasteiger partial charge in [0.05, 0.1) is 12.2 Å². The molecule has 1 atom stereocenters. The monoisotopic (exact) mass is 279 g/mol. The van der Waals surface area contributed by atoms with Gasteiger partial charge < -0.3 is 10.2 Å². The summed E-state index contributed by atoms with van der Waals surface area (Å²) in [5, 5.41) is 11.9. The largest absolute Gasteiger partial charge is 0.308 e. The van der Waals surface area contributed by atoms with Crippen LogP contribution in [0.2, 0.25) is 0 Å². The van der Waals surface area contributed by atoms with Gasteiger partial charge in [0, 0.05) is 31.4 Å². The molecule has 1 unspecified atom stereocenters. The zero-order valence-electron chi connectivity index (χ0n) is 13.3. The lowest BCUT2D eigenvalue weighted by Gasteiger charge is -2.25. The van der Waals surface area contributed by atoms with Crippen molar-refractivity contribution in [2.24, 2.45) is 5.92 Å². The van der Waals surface area contributed by atoms with Crippen LogP contribution in [0.5, 0.6) is 0 Å². The van der Waals surface area contributed by atoms with Crippen LogP contribution >= 0.6 is 0 Å². The van der Waals surface area contributed by atoms with Crippen molar-refractivity contribution in [2.75, 3.05) is 13.6 Å². The van der Waals surface area contributed by atoms with Gasteiger partial charge in [-0.05, 0) is 39.2 Å². The Bertz CT molecular complexity index is 397. The molecule has 1 aliphatic rings. The summed E-state index contributed by atoms with van der Waals surface area (Å²) in [6.45, 7) is 9.64. The molecule has 0 aliphatic heterocycles. The molecule has 0 bridgehead atoms. The van der Waals surface area contributed by atoms with Gasteiger partial charge in [0.15, 0.2) is 0 Å². The fraction of sp³-hybridized carbons (Fsp3) is 0.867. The highest BCUT2D eigenvalue weighted by Crippen LogP contribution is 2.18. The zero-order valence-corrected chi connectivity index (χ0v) is 13.3. The number of likely N-dealkylation sites (N-methyl/N-ethyl adjacent to an activating group) is 1. The topological polar surface area (TPSA) is 46.0 Å². The summed E-state index contributed by atoms with van der Waals surface area (Å²) in [4.78, 5) is 2.41. The van der Waals surface area contributed by atoms with Gasteiger partial charge in [-0.15, -0.1) is 5.10 Å². The van der Waals surface area contributed by atoms with E-state index in [-0.39, 0.29) is 0 Å². The molecule has 1 aromatic rings. The van der Waals surface area contributed by atoms with Gasteiger partial charge in [-0.2, -0.15) is 0 Å². The molecule has 0 saturated heterocycles. The number of nitrogens with zero attached hydrogens (tertiary/aromatic N) is 4. The summed E-state index contributed by atoms with van der Waals surface area (Å²) in [7, 11) is 2.19. The van der Waals surface area contributed by atoms with Crippen molar-refractivity contribution >= 4 is 0 Å². The van der Waals surface area contributed by atoms with E-state index >= 15 is 0 Å². The van der Waals surface area contributed by atoms with Crippen LogP contribution in [0.1, 0.15) is 45.7 Å². The number of nitrogens with one attached hydrogen (secondary N) is 1. The first-order valence-electron chi connectivity index (χ1n) is 7.87. The molecule has 0 radical (unpaired) electrons. The first-order chi connectivity index (χ1) is 9.54. The molecule has 114 valence electrons. The van der Waals surface area contributed by atoms with Gasteiger partial charge in [0.1, 0.15) is 0 Å². The van der Waals surface area contributed by atoms with Crippen molar-refractivity contribution in [2.45, 2.75) is 65.2 Å². The van der Waals surface area contributed by atoms with E-state index < -0.39 is 0 Å². The normalized spacial score (nSPS) is 17.1. The predicted octanol–water partition coefficient (Wildman–Crippen LogP) is 1.90. The average molecular weight is 279 g/mol. The van der Waals surface area contributed by atoms with Gasteiger partial charge in [0.25, 0.3) is 0 Å². The highest BCUT2D eigenvalue weighted by Gasteiger charge is 2.20. The molecular formula is C15H29N5. The summed E-state index contributed by atoms with van der Waals surface area (Å²) in [5.74, 6) is 0.749. The van der Waals surface area contributed by atoms with Crippen molar-refractivity contribution in [1.29, 1.82) is 0 Å². The van der Waals surface area contributed by atoms with Crippen molar-refractivity contribution in [3.8, 4) is 0 Å². The molecule has 2 rings (SSSR count). The van der Waals surface area contributed by atoms with E-state index in [9.17, 15) is 0 Å². The molecule has 0 amide bonds. The van der Waals surface area contributed by atoms with Crippen LogP contribution in [0.15, 0.2) is 6.20 Å². The molecule has 1 heterocycles. The minimum Gasteiger partial charge on any atom is -0.308 e. The van der Waals surface area contributed by atoms with Crippen LogP contribution in [0, 0.1) is 5.92 Å². The Morgan fingerprint density at radius 1 is 1.40 bits per heavy atom. The second-order valence-electron chi connectivity index (χ2n) is 6.59. The van der Waals surface area contributed by atoms with E-state index in [0.717, 1.165) is 37.3 Å². The first kappa shape index (κ1) is 15.4. The number of hydrogen-bond donors (Lipinski definition) is 1. The van der Waals surface area contributed by atoms with Crippen LogP contribution in [0.25, 0.3) is 0 Å². The maximum Gasteiger partial charge on any atom is 0.0964 e. The van der Waals surface area contributed by atoms with Crippen LogP contribution in [0.3, 0.4) is 0 Å². The second-order valence-corrected chi connectivity index (χ2v) is 6.59. The maximum absolute atomic E-state index is 4.22. The Kier molecular flexibility index (Phi) is 5.54. The second kappa shape index (κ2) is 7.18. The molecule has 20 heavy (non-hydrogen) atoms. The lowest BCUT2D eigenvalue weighted by Crippen LogP contribution is -2.33. The predicted molar refractivity (Wildman–Crippen MR) is 81.4 cm³/mol. The molecule has 5 nitrogen and oxygen atoms in total. The zero-order chi connectivity index (χ0) is 14.5. The lowest BCUT2D eigenvalue weighted by molar-refractivity contribution is 0.217. The van der Waals surface area contributed by atoms with Gasteiger partial charge in [0.2, 0.25) is 0 Å². The minimum atomic E-state index is 0.620. The highest BCUT2D eigenvalue weighted by molar-refractivity contribution is 4.94. The Labute approximate surface area is 122 Å². The molecule has 1 aromatic heterocycles.